The van der Waals surface area contributed by atoms with Gasteiger partial charge in [-0.2, -0.15) is 5.26 Å². The summed E-state index contributed by atoms with van der Waals surface area (Å²) in [7, 11) is 0. The monoisotopic (exact) mass is 397 g/mol. The molecule has 0 saturated carbocycles. The van der Waals surface area contributed by atoms with Gasteiger partial charge in [-0.25, -0.2) is 0 Å². The van der Waals surface area contributed by atoms with Gasteiger partial charge in [0, 0.05) is 35.4 Å². The number of carbonyl (C=O) groups excluding carboxylic acids is 2. The summed E-state index contributed by atoms with van der Waals surface area (Å²) in [5.74, 6) is -0.668. The van der Waals surface area contributed by atoms with Crippen LogP contribution < -0.4 is 15.0 Å². The molecule has 1 aliphatic heterocycles. The Kier molecular flexibility index (Phi) is 6.51. The van der Waals surface area contributed by atoms with Gasteiger partial charge in [0.1, 0.15) is 11.7 Å². The fourth-order valence-electron chi connectivity index (χ4n) is 3.03. The molecule has 1 aliphatic rings. The van der Waals surface area contributed by atoms with Crippen LogP contribution in [0.25, 0.3) is 0 Å². The minimum Gasteiger partial charge on any atom is -0.493 e. The quantitative estimate of drug-likeness (QED) is 0.565. The van der Waals surface area contributed by atoms with Crippen LogP contribution in [-0.2, 0) is 9.59 Å². The zero-order chi connectivity index (χ0) is 19.9. The molecule has 144 valence electrons. The van der Waals surface area contributed by atoms with E-state index in [-0.39, 0.29) is 11.8 Å². The summed E-state index contributed by atoms with van der Waals surface area (Å²) < 4.78 is 5.57. The van der Waals surface area contributed by atoms with E-state index >= 15 is 0 Å². The fourth-order valence-corrected chi connectivity index (χ4v) is 3.16. The van der Waals surface area contributed by atoms with Crippen LogP contribution in [0.5, 0.6) is 5.75 Å². The second-order valence-corrected chi connectivity index (χ2v) is 6.87. The standard InChI is InChI=1S/C21H20ClN3O3/c22-15-6-8-17(9-7-15)25-12-10-19(21(25)27)20(26)24-16-4-3-5-18(14-16)28-13-2-1-11-23/h3-9,14,19H,1-2,10,12-13H2,(H,24,26). The predicted molar refractivity (Wildman–Crippen MR) is 107 cm³/mol. The van der Waals surface area contributed by atoms with E-state index in [1.165, 1.54) is 0 Å². The Morgan fingerprint density at radius 3 is 2.82 bits per heavy atom. The number of carbonyl (C=O) groups is 2. The number of nitriles is 1. The maximum Gasteiger partial charge on any atom is 0.239 e. The molecule has 0 bridgehead atoms. The predicted octanol–water partition coefficient (Wildman–Crippen LogP) is 4.01. The van der Waals surface area contributed by atoms with Crippen molar-refractivity contribution in [2.75, 3.05) is 23.4 Å². The average molecular weight is 398 g/mol. The number of anilines is 2. The minimum atomic E-state index is -0.726. The molecule has 2 aromatic rings. The van der Waals surface area contributed by atoms with Crippen LogP contribution in [0, 0.1) is 17.2 Å². The summed E-state index contributed by atoms with van der Waals surface area (Å²) in [5, 5.41) is 11.9. The van der Waals surface area contributed by atoms with E-state index in [1.54, 1.807) is 53.4 Å². The van der Waals surface area contributed by atoms with E-state index in [0.29, 0.717) is 48.9 Å². The van der Waals surface area contributed by atoms with Gasteiger partial charge in [-0.05, 0) is 49.2 Å². The number of rotatable bonds is 7. The van der Waals surface area contributed by atoms with E-state index in [0.717, 1.165) is 5.69 Å². The molecule has 1 saturated heterocycles. The summed E-state index contributed by atoms with van der Waals surface area (Å²) >= 11 is 5.89. The highest BCUT2D eigenvalue weighted by Gasteiger charge is 2.37. The highest BCUT2D eigenvalue weighted by atomic mass is 35.5. The number of hydrogen-bond donors (Lipinski definition) is 1. The number of halogens is 1. The third kappa shape index (κ3) is 4.81. The molecule has 7 heteroatoms. The highest BCUT2D eigenvalue weighted by Crippen LogP contribution is 2.27. The third-order valence-electron chi connectivity index (χ3n) is 4.46. The second-order valence-electron chi connectivity index (χ2n) is 6.43. The lowest BCUT2D eigenvalue weighted by Gasteiger charge is -2.17. The molecule has 1 fully saturated rings. The summed E-state index contributed by atoms with van der Waals surface area (Å²) in [6.07, 6.45) is 1.53. The number of benzene rings is 2. The van der Waals surface area contributed by atoms with Crippen LogP contribution in [0.1, 0.15) is 19.3 Å². The van der Waals surface area contributed by atoms with Gasteiger partial charge in [0.05, 0.1) is 12.7 Å². The first-order valence-electron chi connectivity index (χ1n) is 9.06. The Balaban J connectivity index is 1.60. The zero-order valence-electron chi connectivity index (χ0n) is 15.2. The molecule has 0 aliphatic carbocycles. The maximum atomic E-state index is 12.7. The normalized spacial score (nSPS) is 15.9. The minimum absolute atomic E-state index is 0.219. The van der Waals surface area contributed by atoms with Crippen molar-refractivity contribution < 1.29 is 14.3 Å². The van der Waals surface area contributed by atoms with Gasteiger partial charge in [-0.15, -0.1) is 0 Å². The number of hydrogen-bond acceptors (Lipinski definition) is 4. The summed E-state index contributed by atoms with van der Waals surface area (Å²) in [5.41, 5.74) is 1.30. The molecule has 0 radical (unpaired) electrons. The van der Waals surface area contributed by atoms with E-state index in [2.05, 4.69) is 11.4 Å². The lowest BCUT2D eigenvalue weighted by Crippen LogP contribution is -2.33. The molecule has 1 heterocycles. The highest BCUT2D eigenvalue weighted by molar-refractivity contribution is 6.30. The lowest BCUT2D eigenvalue weighted by atomic mass is 10.1. The zero-order valence-corrected chi connectivity index (χ0v) is 16.0. The van der Waals surface area contributed by atoms with E-state index < -0.39 is 5.92 Å². The summed E-state index contributed by atoms with van der Waals surface area (Å²) in [4.78, 5) is 26.9. The number of nitrogens with zero attached hydrogens (tertiary/aromatic N) is 2. The van der Waals surface area contributed by atoms with E-state index in [4.69, 9.17) is 21.6 Å². The van der Waals surface area contributed by atoms with E-state index in [9.17, 15) is 9.59 Å². The van der Waals surface area contributed by atoms with Crippen LogP contribution in [0.2, 0.25) is 5.02 Å². The van der Waals surface area contributed by atoms with Crippen molar-refractivity contribution in [2.24, 2.45) is 5.92 Å². The second kappa shape index (κ2) is 9.25. The van der Waals surface area contributed by atoms with Crippen molar-refractivity contribution >= 4 is 34.8 Å². The Bertz CT molecular complexity index is 893. The number of amides is 2. The van der Waals surface area contributed by atoms with Crippen LogP contribution >= 0.6 is 11.6 Å². The maximum absolute atomic E-state index is 12.7. The number of ether oxygens (including phenoxy) is 1. The molecule has 28 heavy (non-hydrogen) atoms. The molecular formula is C21H20ClN3O3. The van der Waals surface area contributed by atoms with Crippen molar-refractivity contribution in [3.63, 3.8) is 0 Å². The van der Waals surface area contributed by atoms with E-state index in [1.807, 2.05) is 0 Å². The first kappa shape index (κ1) is 19.7. The van der Waals surface area contributed by atoms with Crippen molar-refractivity contribution in [2.45, 2.75) is 19.3 Å². The van der Waals surface area contributed by atoms with Crippen LogP contribution in [-0.4, -0.2) is 25.0 Å². The molecule has 2 aromatic carbocycles. The van der Waals surface area contributed by atoms with Crippen molar-refractivity contribution in [1.29, 1.82) is 5.26 Å². The van der Waals surface area contributed by atoms with Crippen LogP contribution in [0.15, 0.2) is 48.5 Å². The van der Waals surface area contributed by atoms with Gasteiger partial charge < -0.3 is 15.0 Å². The van der Waals surface area contributed by atoms with Gasteiger partial charge in [0.25, 0.3) is 0 Å². The Morgan fingerprint density at radius 2 is 2.07 bits per heavy atom. The number of nitrogens with one attached hydrogen (secondary N) is 1. The topological polar surface area (TPSA) is 82.4 Å². The lowest BCUT2D eigenvalue weighted by molar-refractivity contribution is -0.129. The molecule has 0 spiro atoms. The Morgan fingerprint density at radius 1 is 1.29 bits per heavy atom. The van der Waals surface area contributed by atoms with Gasteiger partial charge in [-0.3, -0.25) is 9.59 Å². The molecule has 6 nitrogen and oxygen atoms in total. The van der Waals surface area contributed by atoms with Gasteiger partial charge in [0.15, 0.2) is 0 Å². The molecule has 0 aromatic heterocycles. The Hall–Kier alpha value is -3.04. The summed E-state index contributed by atoms with van der Waals surface area (Å²) in [6, 6.07) is 16.1. The molecular weight excluding hydrogens is 378 g/mol. The summed E-state index contributed by atoms with van der Waals surface area (Å²) in [6.45, 7) is 0.919. The van der Waals surface area contributed by atoms with Crippen molar-refractivity contribution in [3.8, 4) is 11.8 Å². The molecule has 1 unspecified atom stereocenters. The van der Waals surface area contributed by atoms with Crippen molar-refractivity contribution in [3.05, 3.63) is 53.6 Å². The van der Waals surface area contributed by atoms with Gasteiger partial charge >= 0.3 is 0 Å². The van der Waals surface area contributed by atoms with Crippen LogP contribution in [0.3, 0.4) is 0 Å². The molecule has 1 atom stereocenters. The van der Waals surface area contributed by atoms with Crippen molar-refractivity contribution in [1.82, 2.24) is 0 Å². The molecule has 2 amide bonds. The Labute approximate surface area is 168 Å². The fraction of sp³-hybridized carbons (Fsp3) is 0.286. The van der Waals surface area contributed by atoms with Gasteiger partial charge in [-0.1, -0.05) is 17.7 Å². The third-order valence-corrected chi connectivity index (χ3v) is 4.72. The van der Waals surface area contributed by atoms with Gasteiger partial charge in [0.2, 0.25) is 11.8 Å². The molecule has 3 rings (SSSR count). The van der Waals surface area contributed by atoms with Crippen LogP contribution in [0.4, 0.5) is 11.4 Å². The average Bonchev–Trinajstić information content (AvgIpc) is 3.08. The number of unbranched alkanes of at least 4 members (excludes halogenated alkanes) is 1. The smallest absolute Gasteiger partial charge is 0.239 e. The largest absolute Gasteiger partial charge is 0.493 e. The molecule has 1 N–H and O–H groups in total. The first-order valence-corrected chi connectivity index (χ1v) is 9.44. The SMILES string of the molecule is N#CCCCOc1cccc(NC(=O)C2CCN(c3ccc(Cl)cc3)C2=O)c1. The first-order chi connectivity index (χ1) is 13.6.